The van der Waals surface area contributed by atoms with Gasteiger partial charge < -0.3 is 14.8 Å². The van der Waals surface area contributed by atoms with E-state index in [-0.39, 0.29) is 16.7 Å². The number of benzene rings is 1. The summed E-state index contributed by atoms with van der Waals surface area (Å²) in [6.07, 6.45) is 0. The molecule has 0 bridgehead atoms. The van der Waals surface area contributed by atoms with E-state index < -0.39 is 0 Å². The molecule has 0 spiro atoms. The van der Waals surface area contributed by atoms with Gasteiger partial charge in [0.2, 0.25) is 6.79 Å². The fraction of sp³-hybridized carbons (Fsp3) is 0.231. The van der Waals surface area contributed by atoms with E-state index in [4.69, 9.17) is 9.47 Å². The van der Waals surface area contributed by atoms with E-state index in [1.807, 2.05) is 18.2 Å². The third-order valence-electron chi connectivity index (χ3n) is 2.92. The lowest BCUT2D eigenvalue weighted by Gasteiger charge is -2.06. The molecule has 2 aromatic rings. The topological polar surface area (TPSA) is 73.6 Å². The SMILES string of the molecule is O=[N+]([O-])c1ccc(CNCc2cccc3c2OCO3)s1. The Labute approximate surface area is 119 Å². The van der Waals surface area contributed by atoms with Gasteiger partial charge in [0.1, 0.15) is 0 Å². The Balaban J connectivity index is 1.60. The van der Waals surface area contributed by atoms with Crippen LogP contribution in [-0.4, -0.2) is 11.7 Å². The van der Waals surface area contributed by atoms with Gasteiger partial charge in [0, 0.05) is 29.6 Å². The number of para-hydroxylation sites is 1. The minimum atomic E-state index is -0.372. The lowest BCUT2D eigenvalue weighted by Crippen LogP contribution is -2.12. The number of hydrogen-bond acceptors (Lipinski definition) is 6. The van der Waals surface area contributed by atoms with Gasteiger partial charge in [-0.05, 0) is 12.1 Å². The van der Waals surface area contributed by atoms with E-state index in [1.165, 1.54) is 17.4 Å². The zero-order valence-corrected chi connectivity index (χ0v) is 11.3. The Morgan fingerprint density at radius 1 is 1.25 bits per heavy atom. The van der Waals surface area contributed by atoms with Crippen molar-refractivity contribution in [3.63, 3.8) is 0 Å². The molecular weight excluding hydrogens is 280 g/mol. The Morgan fingerprint density at radius 3 is 2.95 bits per heavy atom. The molecule has 6 nitrogen and oxygen atoms in total. The summed E-state index contributed by atoms with van der Waals surface area (Å²) in [6, 6.07) is 9.05. The molecule has 1 N–H and O–H groups in total. The van der Waals surface area contributed by atoms with Gasteiger partial charge in [-0.25, -0.2) is 0 Å². The summed E-state index contributed by atoms with van der Waals surface area (Å²) in [5, 5.41) is 14.0. The van der Waals surface area contributed by atoms with E-state index in [2.05, 4.69) is 5.32 Å². The molecule has 1 aliphatic rings. The Kier molecular flexibility index (Phi) is 3.53. The molecule has 0 aliphatic carbocycles. The molecule has 0 unspecified atom stereocenters. The molecule has 0 saturated carbocycles. The predicted octanol–water partition coefficient (Wildman–Crippen LogP) is 2.67. The second kappa shape index (κ2) is 5.48. The number of rotatable bonds is 5. The van der Waals surface area contributed by atoms with Crippen molar-refractivity contribution in [1.82, 2.24) is 5.32 Å². The number of nitro groups is 1. The van der Waals surface area contributed by atoms with Crippen molar-refractivity contribution >= 4 is 16.3 Å². The van der Waals surface area contributed by atoms with E-state index in [1.54, 1.807) is 6.07 Å². The number of nitrogens with one attached hydrogen (secondary N) is 1. The van der Waals surface area contributed by atoms with Gasteiger partial charge in [0.25, 0.3) is 0 Å². The first-order valence-corrected chi connectivity index (χ1v) is 6.87. The van der Waals surface area contributed by atoms with Crippen molar-refractivity contribution in [3.8, 4) is 11.5 Å². The summed E-state index contributed by atoms with van der Waals surface area (Å²) in [6.45, 7) is 1.46. The van der Waals surface area contributed by atoms with Crippen LogP contribution in [0.5, 0.6) is 11.5 Å². The monoisotopic (exact) mass is 292 g/mol. The number of nitrogens with zero attached hydrogens (tertiary/aromatic N) is 1. The molecule has 104 valence electrons. The lowest BCUT2D eigenvalue weighted by molar-refractivity contribution is -0.380. The van der Waals surface area contributed by atoms with Crippen molar-refractivity contribution in [2.75, 3.05) is 6.79 Å². The zero-order chi connectivity index (χ0) is 13.9. The summed E-state index contributed by atoms with van der Waals surface area (Å²) in [5.41, 5.74) is 1.02. The summed E-state index contributed by atoms with van der Waals surface area (Å²) in [5.74, 6) is 1.54. The highest BCUT2D eigenvalue weighted by atomic mass is 32.1. The molecule has 1 aliphatic heterocycles. The van der Waals surface area contributed by atoms with Crippen LogP contribution in [0.15, 0.2) is 30.3 Å². The van der Waals surface area contributed by atoms with Crippen molar-refractivity contribution < 1.29 is 14.4 Å². The third kappa shape index (κ3) is 2.59. The molecule has 0 fully saturated rings. The second-order valence-corrected chi connectivity index (χ2v) is 5.40. The normalized spacial score (nSPS) is 12.6. The third-order valence-corrected chi connectivity index (χ3v) is 3.96. The second-order valence-electron chi connectivity index (χ2n) is 4.25. The molecule has 0 radical (unpaired) electrons. The van der Waals surface area contributed by atoms with E-state index >= 15 is 0 Å². The predicted molar refractivity (Wildman–Crippen MR) is 74.1 cm³/mol. The highest BCUT2D eigenvalue weighted by Crippen LogP contribution is 2.35. The lowest BCUT2D eigenvalue weighted by atomic mass is 10.2. The summed E-state index contributed by atoms with van der Waals surface area (Å²) in [7, 11) is 0. The molecule has 7 heteroatoms. The van der Waals surface area contributed by atoms with E-state index in [0.717, 1.165) is 21.9 Å². The minimum absolute atomic E-state index is 0.166. The average molecular weight is 292 g/mol. The number of ether oxygens (including phenoxy) is 2. The quantitative estimate of drug-likeness (QED) is 0.677. The van der Waals surface area contributed by atoms with Gasteiger partial charge in [0.05, 0.1) is 4.92 Å². The van der Waals surface area contributed by atoms with E-state index in [9.17, 15) is 10.1 Å². The smallest absolute Gasteiger partial charge is 0.324 e. The van der Waals surface area contributed by atoms with Gasteiger partial charge in [-0.1, -0.05) is 23.5 Å². The van der Waals surface area contributed by atoms with Crippen molar-refractivity contribution in [2.24, 2.45) is 0 Å². The van der Waals surface area contributed by atoms with Crippen LogP contribution in [-0.2, 0) is 13.1 Å². The number of thiophene rings is 1. The fourth-order valence-electron chi connectivity index (χ4n) is 2.01. The van der Waals surface area contributed by atoms with Crippen LogP contribution >= 0.6 is 11.3 Å². The van der Waals surface area contributed by atoms with Gasteiger partial charge in [-0.3, -0.25) is 10.1 Å². The first kappa shape index (κ1) is 12.9. The Morgan fingerprint density at radius 2 is 2.15 bits per heavy atom. The van der Waals surface area contributed by atoms with Crippen molar-refractivity contribution in [1.29, 1.82) is 0 Å². The van der Waals surface area contributed by atoms with Crippen molar-refractivity contribution in [2.45, 2.75) is 13.1 Å². The molecule has 1 aromatic carbocycles. The standard InChI is InChI=1S/C13H12N2O4S/c16-15(17)12-5-4-10(20-12)7-14-6-9-2-1-3-11-13(9)19-8-18-11/h1-5,14H,6-8H2. The summed E-state index contributed by atoms with van der Waals surface area (Å²) >= 11 is 1.18. The fourth-order valence-corrected chi connectivity index (χ4v) is 2.80. The Bertz CT molecular complexity index is 641. The highest BCUT2D eigenvalue weighted by molar-refractivity contribution is 7.15. The minimum Gasteiger partial charge on any atom is -0.454 e. The van der Waals surface area contributed by atoms with Crippen LogP contribution in [0.3, 0.4) is 0 Å². The van der Waals surface area contributed by atoms with Crippen LogP contribution in [0, 0.1) is 10.1 Å². The molecule has 20 heavy (non-hydrogen) atoms. The van der Waals surface area contributed by atoms with Gasteiger partial charge >= 0.3 is 5.00 Å². The largest absolute Gasteiger partial charge is 0.454 e. The van der Waals surface area contributed by atoms with Crippen LogP contribution in [0.2, 0.25) is 0 Å². The molecule has 0 amide bonds. The molecule has 0 atom stereocenters. The summed E-state index contributed by atoms with van der Waals surface area (Å²) in [4.78, 5) is 11.2. The first-order chi connectivity index (χ1) is 9.74. The highest BCUT2D eigenvalue weighted by Gasteiger charge is 2.16. The van der Waals surface area contributed by atoms with Crippen molar-refractivity contribution in [3.05, 3.63) is 50.9 Å². The molecule has 1 aromatic heterocycles. The average Bonchev–Trinajstić information content (AvgIpc) is 3.07. The summed E-state index contributed by atoms with van der Waals surface area (Å²) < 4.78 is 10.7. The van der Waals surface area contributed by atoms with Crippen LogP contribution in [0.25, 0.3) is 0 Å². The maximum atomic E-state index is 10.6. The molecule has 2 heterocycles. The van der Waals surface area contributed by atoms with Crippen LogP contribution in [0.1, 0.15) is 10.4 Å². The Hall–Kier alpha value is -2.12. The molecular formula is C13H12N2O4S. The molecule has 3 rings (SSSR count). The van der Waals surface area contributed by atoms with E-state index in [0.29, 0.717) is 13.1 Å². The first-order valence-electron chi connectivity index (χ1n) is 6.05. The maximum absolute atomic E-state index is 10.6. The van der Waals surface area contributed by atoms with Crippen LogP contribution < -0.4 is 14.8 Å². The van der Waals surface area contributed by atoms with Gasteiger partial charge in [-0.2, -0.15) is 0 Å². The van der Waals surface area contributed by atoms with Gasteiger partial charge in [0.15, 0.2) is 11.5 Å². The van der Waals surface area contributed by atoms with Gasteiger partial charge in [-0.15, -0.1) is 0 Å². The maximum Gasteiger partial charge on any atom is 0.324 e. The number of hydrogen-bond donors (Lipinski definition) is 1. The van der Waals surface area contributed by atoms with Crippen LogP contribution in [0.4, 0.5) is 5.00 Å². The zero-order valence-electron chi connectivity index (χ0n) is 10.5. The number of fused-ring (bicyclic) bond motifs is 1. The molecule has 0 saturated heterocycles.